The van der Waals surface area contributed by atoms with Crippen molar-refractivity contribution in [2.75, 3.05) is 0 Å². The van der Waals surface area contributed by atoms with Crippen LogP contribution in [0.15, 0.2) is 54.6 Å². The molecule has 110 valence electrons. The largest absolute Gasteiger partial charge is 0.346 e. The predicted molar refractivity (Wildman–Crippen MR) is 87.5 cm³/mol. The number of rotatable bonds is 3. The first-order valence-electron chi connectivity index (χ1n) is 7.34. The summed E-state index contributed by atoms with van der Waals surface area (Å²) in [6.45, 7) is 8.60. The molecule has 0 bridgehead atoms. The maximum atomic E-state index is 12.1. The highest BCUT2D eigenvalue weighted by Gasteiger charge is 2.15. The summed E-state index contributed by atoms with van der Waals surface area (Å²) in [7, 11) is 0. The third-order valence-electron chi connectivity index (χ3n) is 3.66. The van der Waals surface area contributed by atoms with Crippen molar-refractivity contribution < 1.29 is 4.79 Å². The minimum atomic E-state index is -0.0389. The van der Waals surface area contributed by atoms with E-state index in [1.807, 2.05) is 37.3 Å². The van der Waals surface area contributed by atoms with E-state index in [0.717, 1.165) is 5.56 Å². The van der Waals surface area contributed by atoms with Crippen molar-refractivity contribution in [3.8, 4) is 0 Å². The molecule has 0 aromatic heterocycles. The van der Waals surface area contributed by atoms with Crippen molar-refractivity contribution in [3.05, 3.63) is 71.3 Å². The highest BCUT2D eigenvalue weighted by Crippen LogP contribution is 2.24. The van der Waals surface area contributed by atoms with Crippen LogP contribution >= 0.6 is 0 Å². The summed E-state index contributed by atoms with van der Waals surface area (Å²) in [5.41, 5.74) is 3.26. The maximum absolute atomic E-state index is 12.1. The number of amides is 1. The van der Waals surface area contributed by atoms with Crippen LogP contribution in [-0.4, -0.2) is 5.91 Å². The molecule has 0 unspecified atom stereocenters. The normalized spacial score (nSPS) is 12.8. The van der Waals surface area contributed by atoms with Crippen molar-refractivity contribution in [2.45, 2.75) is 39.2 Å². The first kappa shape index (κ1) is 15.3. The van der Waals surface area contributed by atoms with E-state index in [0.29, 0.717) is 5.56 Å². The average Bonchev–Trinajstić information content (AvgIpc) is 2.47. The van der Waals surface area contributed by atoms with Crippen LogP contribution in [0.4, 0.5) is 0 Å². The lowest BCUT2D eigenvalue weighted by molar-refractivity contribution is 0.0940. The third kappa shape index (κ3) is 3.94. The number of benzene rings is 2. The summed E-state index contributed by atoms with van der Waals surface area (Å²) < 4.78 is 0. The van der Waals surface area contributed by atoms with Crippen LogP contribution in [0.3, 0.4) is 0 Å². The van der Waals surface area contributed by atoms with Gasteiger partial charge in [0, 0.05) is 5.56 Å². The first-order valence-corrected chi connectivity index (χ1v) is 7.34. The first-order chi connectivity index (χ1) is 9.88. The van der Waals surface area contributed by atoms with E-state index >= 15 is 0 Å². The van der Waals surface area contributed by atoms with Gasteiger partial charge in [0.05, 0.1) is 6.04 Å². The molecule has 0 spiro atoms. The van der Waals surface area contributed by atoms with Gasteiger partial charge in [-0.15, -0.1) is 0 Å². The molecule has 2 rings (SSSR count). The van der Waals surface area contributed by atoms with Gasteiger partial charge in [0.1, 0.15) is 0 Å². The van der Waals surface area contributed by atoms with Crippen LogP contribution in [0.1, 0.15) is 55.2 Å². The van der Waals surface area contributed by atoms with Crippen molar-refractivity contribution in [1.82, 2.24) is 5.32 Å². The standard InChI is InChI=1S/C19H23NO/c1-14(20-18(21)16-8-6-5-7-9-16)15-10-12-17(13-11-15)19(2,3)4/h5-14H,1-4H3,(H,20,21)/t14-/m1/s1. The maximum Gasteiger partial charge on any atom is 0.251 e. The summed E-state index contributed by atoms with van der Waals surface area (Å²) in [6.07, 6.45) is 0. The number of hydrogen-bond acceptors (Lipinski definition) is 1. The lowest BCUT2D eigenvalue weighted by Gasteiger charge is -2.20. The second-order valence-corrected chi connectivity index (χ2v) is 6.43. The van der Waals surface area contributed by atoms with Gasteiger partial charge in [-0.1, -0.05) is 63.2 Å². The fourth-order valence-corrected chi connectivity index (χ4v) is 2.22. The molecule has 1 amide bonds. The van der Waals surface area contributed by atoms with Crippen LogP contribution in [0.2, 0.25) is 0 Å². The van der Waals surface area contributed by atoms with Crippen molar-refractivity contribution in [3.63, 3.8) is 0 Å². The van der Waals surface area contributed by atoms with Gasteiger partial charge in [-0.25, -0.2) is 0 Å². The molecule has 0 fully saturated rings. The van der Waals surface area contributed by atoms with E-state index in [4.69, 9.17) is 0 Å². The Hall–Kier alpha value is -2.09. The summed E-state index contributed by atoms with van der Waals surface area (Å²) in [6, 6.07) is 17.8. The molecule has 0 saturated carbocycles. The molecule has 0 heterocycles. The van der Waals surface area contributed by atoms with Crippen molar-refractivity contribution in [1.29, 1.82) is 0 Å². The van der Waals surface area contributed by atoms with Gasteiger partial charge >= 0.3 is 0 Å². The average molecular weight is 281 g/mol. The lowest BCUT2D eigenvalue weighted by Crippen LogP contribution is -2.26. The molecular formula is C19H23NO. The Morgan fingerprint density at radius 3 is 2.05 bits per heavy atom. The Morgan fingerprint density at radius 1 is 0.952 bits per heavy atom. The van der Waals surface area contributed by atoms with Crippen LogP contribution in [-0.2, 0) is 5.41 Å². The van der Waals surface area contributed by atoms with E-state index in [2.05, 4.69) is 50.4 Å². The van der Waals surface area contributed by atoms with Crippen LogP contribution < -0.4 is 5.32 Å². The molecular weight excluding hydrogens is 258 g/mol. The van der Waals surface area contributed by atoms with Crippen molar-refractivity contribution in [2.24, 2.45) is 0 Å². The summed E-state index contributed by atoms with van der Waals surface area (Å²) in [5, 5.41) is 3.03. The van der Waals surface area contributed by atoms with Crippen LogP contribution in [0.5, 0.6) is 0 Å². The van der Waals surface area contributed by atoms with E-state index in [1.54, 1.807) is 0 Å². The molecule has 2 nitrogen and oxygen atoms in total. The Bertz CT molecular complexity index is 594. The zero-order chi connectivity index (χ0) is 15.5. The molecule has 0 aliphatic heterocycles. The fraction of sp³-hybridized carbons (Fsp3) is 0.316. The third-order valence-corrected chi connectivity index (χ3v) is 3.66. The predicted octanol–water partition coefficient (Wildman–Crippen LogP) is 4.48. The van der Waals surface area contributed by atoms with Gasteiger partial charge in [-0.2, -0.15) is 0 Å². The summed E-state index contributed by atoms with van der Waals surface area (Å²) in [5.74, 6) is -0.0389. The van der Waals surface area contributed by atoms with Crippen molar-refractivity contribution >= 4 is 5.91 Å². The highest BCUT2D eigenvalue weighted by atomic mass is 16.1. The quantitative estimate of drug-likeness (QED) is 0.883. The van der Waals surface area contributed by atoms with E-state index < -0.39 is 0 Å². The fourth-order valence-electron chi connectivity index (χ4n) is 2.22. The second-order valence-electron chi connectivity index (χ2n) is 6.43. The molecule has 21 heavy (non-hydrogen) atoms. The molecule has 0 aliphatic rings. The summed E-state index contributed by atoms with van der Waals surface area (Å²) >= 11 is 0. The van der Waals surface area contributed by atoms with Gasteiger partial charge in [0.25, 0.3) is 5.91 Å². The van der Waals surface area contributed by atoms with E-state index in [9.17, 15) is 4.79 Å². The molecule has 2 heteroatoms. The Kier molecular flexibility index (Phi) is 4.46. The minimum Gasteiger partial charge on any atom is -0.346 e. The zero-order valence-electron chi connectivity index (χ0n) is 13.2. The van der Waals surface area contributed by atoms with Gasteiger partial charge < -0.3 is 5.32 Å². The minimum absolute atomic E-state index is 0.00766. The highest BCUT2D eigenvalue weighted by molar-refractivity contribution is 5.94. The van der Waals surface area contributed by atoms with Crippen LogP contribution in [0, 0.1) is 0 Å². The smallest absolute Gasteiger partial charge is 0.251 e. The molecule has 2 aromatic carbocycles. The van der Waals surface area contributed by atoms with Gasteiger partial charge in [-0.3, -0.25) is 4.79 Å². The summed E-state index contributed by atoms with van der Waals surface area (Å²) in [4.78, 5) is 12.1. The Morgan fingerprint density at radius 2 is 1.52 bits per heavy atom. The van der Waals surface area contributed by atoms with Gasteiger partial charge in [-0.05, 0) is 35.6 Å². The Balaban J connectivity index is 2.07. The van der Waals surface area contributed by atoms with Crippen LogP contribution in [0.25, 0.3) is 0 Å². The van der Waals surface area contributed by atoms with E-state index in [1.165, 1.54) is 5.56 Å². The van der Waals surface area contributed by atoms with Gasteiger partial charge in [0.15, 0.2) is 0 Å². The molecule has 0 radical (unpaired) electrons. The molecule has 1 N–H and O–H groups in total. The zero-order valence-corrected chi connectivity index (χ0v) is 13.2. The molecule has 2 aromatic rings. The number of carbonyl (C=O) groups excluding carboxylic acids is 1. The van der Waals surface area contributed by atoms with E-state index in [-0.39, 0.29) is 17.4 Å². The molecule has 0 saturated heterocycles. The lowest BCUT2D eigenvalue weighted by atomic mass is 9.86. The number of nitrogens with one attached hydrogen (secondary N) is 1. The molecule has 1 atom stereocenters. The Labute approximate surface area is 127 Å². The van der Waals surface area contributed by atoms with Gasteiger partial charge in [0.2, 0.25) is 0 Å². The molecule has 0 aliphatic carbocycles. The topological polar surface area (TPSA) is 29.1 Å². The number of carbonyl (C=O) groups is 1. The SMILES string of the molecule is C[C@@H](NC(=O)c1ccccc1)c1ccc(C(C)(C)C)cc1. The second kappa shape index (κ2) is 6.13. The monoisotopic (exact) mass is 281 g/mol. The number of hydrogen-bond donors (Lipinski definition) is 1.